The van der Waals surface area contributed by atoms with Gasteiger partial charge in [0.1, 0.15) is 0 Å². The van der Waals surface area contributed by atoms with Crippen LogP contribution >= 0.6 is 0 Å². The van der Waals surface area contributed by atoms with Crippen LogP contribution in [0.3, 0.4) is 0 Å². The molecule has 0 rings (SSSR count). The van der Waals surface area contributed by atoms with Crippen molar-refractivity contribution in [1.82, 2.24) is 4.90 Å². The molecule has 0 bridgehead atoms. The standard InChI is InChI=1S/C15H29NO3/c1-5-7-8-13(6-2)15(19)16(11-12(3)4)10-9-14(17)18/h12-13H,5-11H2,1-4H3,(H,17,18). The van der Waals surface area contributed by atoms with Gasteiger partial charge in [0.05, 0.1) is 6.42 Å². The summed E-state index contributed by atoms with van der Waals surface area (Å²) in [4.78, 5) is 24.9. The van der Waals surface area contributed by atoms with E-state index in [1.54, 1.807) is 4.90 Å². The Morgan fingerprint density at radius 3 is 2.26 bits per heavy atom. The van der Waals surface area contributed by atoms with Crippen molar-refractivity contribution in [3.8, 4) is 0 Å². The highest BCUT2D eigenvalue weighted by Crippen LogP contribution is 2.17. The predicted octanol–water partition coefficient (Wildman–Crippen LogP) is 3.16. The maximum atomic E-state index is 12.5. The summed E-state index contributed by atoms with van der Waals surface area (Å²) < 4.78 is 0. The molecule has 0 aromatic rings. The highest BCUT2D eigenvalue weighted by molar-refractivity contribution is 5.79. The molecule has 0 aliphatic carbocycles. The molecule has 0 spiro atoms. The molecule has 4 nitrogen and oxygen atoms in total. The maximum absolute atomic E-state index is 12.5. The van der Waals surface area contributed by atoms with Crippen molar-refractivity contribution in [2.45, 2.75) is 59.8 Å². The zero-order chi connectivity index (χ0) is 14.8. The van der Waals surface area contributed by atoms with E-state index in [2.05, 4.69) is 6.92 Å². The van der Waals surface area contributed by atoms with E-state index in [0.717, 1.165) is 25.7 Å². The first-order valence-electron chi connectivity index (χ1n) is 7.42. The van der Waals surface area contributed by atoms with Crippen LogP contribution in [0.1, 0.15) is 59.8 Å². The molecule has 0 aliphatic heterocycles. The van der Waals surface area contributed by atoms with Crippen LogP contribution in [0.15, 0.2) is 0 Å². The summed E-state index contributed by atoms with van der Waals surface area (Å²) in [5, 5.41) is 8.78. The van der Waals surface area contributed by atoms with Crippen molar-refractivity contribution >= 4 is 11.9 Å². The number of amides is 1. The molecule has 0 saturated carbocycles. The second-order valence-electron chi connectivity index (χ2n) is 5.57. The molecular weight excluding hydrogens is 242 g/mol. The highest BCUT2D eigenvalue weighted by atomic mass is 16.4. The van der Waals surface area contributed by atoms with E-state index in [1.165, 1.54) is 0 Å². The zero-order valence-electron chi connectivity index (χ0n) is 12.8. The fourth-order valence-electron chi connectivity index (χ4n) is 2.17. The Balaban J connectivity index is 4.60. The van der Waals surface area contributed by atoms with Crippen molar-refractivity contribution in [2.75, 3.05) is 13.1 Å². The average Bonchev–Trinajstić information content (AvgIpc) is 2.34. The number of aliphatic carboxylic acids is 1. The molecule has 1 atom stereocenters. The van der Waals surface area contributed by atoms with Crippen LogP contribution in [0.25, 0.3) is 0 Å². The van der Waals surface area contributed by atoms with E-state index in [1.807, 2.05) is 20.8 Å². The van der Waals surface area contributed by atoms with Gasteiger partial charge >= 0.3 is 5.97 Å². The number of carbonyl (C=O) groups excluding carboxylic acids is 1. The van der Waals surface area contributed by atoms with Crippen LogP contribution < -0.4 is 0 Å². The number of nitrogens with zero attached hydrogens (tertiary/aromatic N) is 1. The topological polar surface area (TPSA) is 57.6 Å². The lowest BCUT2D eigenvalue weighted by Crippen LogP contribution is -2.39. The summed E-state index contributed by atoms with van der Waals surface area (Å²) in [6.45, 7) is 9.22. The quantitative estimate of drug-likeness (QED) is 0.664. The molecule has 19 heavy (non-hydrogen) atoms. The van der Waals surface area contributed by atoms with Gasteiger partial charge in [-0.3, -0.25) is 9.59 Å². The normalized spacial score (nSPS) is 12.5. The van der Waals surface area contributed by atoms with Crippen LogP contribution in [0.4, 0.5) is 0 Å². The Morgan fingerprint density at radius 2 is 1.84 bits per heavy atom. The monoisotopic (exact) mass is 271 g/mol. The van der Waals surface area contributed by atoms with Crippen LogP contribution in [0.5, 0.6) is 0 Å². The molecule has 0 aliphatic rings. The molecule has 0 fully saturated rings. The second kappa shape index (κ2) is 9.82. The van der Waals surface area contributed by atoms with Crippen LogP contribution in [-0.2, 0) is 9.59 Å². The van der Waals surface area contributed by atoms with Crippen molar-refractivity contribution in [1.29, 1.82) is 0 Å². The Kier molecular flexibility index (Phi) is 9.27. The summed E-state index contributed by atoms with van der Waals surface area (Å²) in [6, 6.07) is 0. The van der Waals surface area contributed by atoms with Gasteiger partial charge in [-0.25, -0.2) is 0 Å². The molecule has 0 saturated heterocycles. The Hall–Kier alpha value is -1.06. The zero-order valence-corrected chi connectivity index (χ0v) is 12.8. The lowest BCUT2D eigenvalue weighted by molar-refractivity contribution is -0.140. The van der Waals surface area contributed by atoms with Gasteiger partial charge in [-0.1, -0.05) is 40.5 Å². The van der Waals surface area contributed by atoms with Gasteiger partial charge in [0.15, 0.2) is 0 Å². The molecule has 0 heterocycles. The van der Waals surface area contributed by atoms with Gasteiger partial charge < -0.3 is 10.0 Å². The van der Waals surface area contributed by atoms with E-state index in [-0.39, 0.29) is 18.2 Å². The first-order valence-corrected chi connectivity index (χ1v) is 7.42. The second-order valence-corrected chi connectivity index (χ2v) is 5.57. The number of hydrogen-bond donors (Lipinski definition) is 1. The first-order chi connectivity index (χ1) is 8.92. The van der Waals surface area contributed by atoms with Crippen molar-refractivity contribution in [3.05, 3.63) is 0 Å². The average molecular weight is 271 g/mol. The molecule has 1 unspecified atom stereocenters. The van der Waals surface area contributed by atoms with Crippen LogP contribution in [-0.4, -0.2) is 35.0 Å². The summed E-state index contributed by atoms with van der Waals surface area (Å²) >= 11 is 0. The lowest BCUT2D eigenvalue weighted by Gasteiger charge is -2.28. The number of unbranched alkanes of at least 4 members (excludes halogenated alkanes) is 1. The van der Waals surface area contributed by atoms with E-state index in [4.69, 9.17) is 5.11 Å². The SMILES string of the molecule is CCCCC(CC)C(=O)N(CCC(=O)O)CC(C)C. The smallest absolute Gasteiger partial charge is 0.305 e. The van der Waals surface area contributed by atoms with Crippen LogP contribution in [0.2, 0.25) is 0 Å². The fourth-order valence-corrected chi connectivity index (χ4v) is 2.17. The van der Waals surface area contributed by atoms with Gasteiger partial charge in [0.2, 0.25) is 5.91 Å². The van der Waals surface area contributed by atoms with Gasteiger partial charge in [0.25, 0.3) is 0 Å². The minimum absolute atomic E-state index is 0.0304. The van der Waals surface area contributed by atoms with E-state index in [0.29, 0.717) is 19.0 Å². The van der Waals surface area contributed by atoms with Gasteiger partial charge in [-0.05, 0) is 18.8 Å². The Labute approximate surface area is 117 Å². The van der Waals surface area contributed by atoms with Gasteiger partial charge in [0, 0.05) is 19.0 Å². The number of carboxylic acid groups (broad SMARTS) is 1. The summed E-state index contributed by atoms with van der Waals surface area (Å²) in [7, 11) is 0. The third kappa shape index (κ3) is 7.85. The van der Waals surface area contributed by atoms with E-state index < -0.39 is 5.97 Å². The molecule has 1 amide bonds. The molecular formula is C15H29NO3. The Bertz CT molecular complexity index is 277. The fraction of sp³-hybridized carbons (Fsp3) is 0.867. The predicted molar refractivity (Wildman–Crippen MR) is 77.0 cm³/mol. The lowest BCUT2D eigenvalue weighted by atomic mass is 9.97. The summed E-state index contributed by atoms with van der Waals surface area (Å²) in [6.07, 6.45) is 3.92. The van der Waals surface area contributed by atoms with E-state index in [9.17, 15) is 9.59 Å². The molecule has 0 aromatic carbocycles. The number of rotatable bonds is 10. The van der Waals surface area contributed by atoms with Gasteiger partial charge in [-0.15, -0.1) is 0 Å². The first kappa shape index (κ1) is 17.9. The third-order valence-electron chi connectivity index (χ3n) is 3.24. The van der Waals surface area contributed by atoms with E-state index >= 15 is 0 Å². The third-order valence-corrected chi connectivity index (χ3v) is 3.24. The number of carboxylic acids is 1. The largest absolute Gasteiger partial charge is 0.481 e. The van der Waals surface area contributed by atoms with Gasteiger partial charge in [-0.2, -0.15) is 0 Å². The Morgan fingerprint density at radius 1 is 1.21 bits per heavy atom. The maximum Gasteiger partial charge on any atom is 0.305 e. The van der Waals surface area contributed by atoms with Crippen molar-refractivity contribution in [2.24, 2.45) is 11.8 Å². The highest BCUT2D eigenvalue weighted by Gasteiger charge is 2.23. The molecule has 112 valence electrons. The molecule has 0 radical (unpaired) electrons. The van der Waals surface area contributed by atoms with Crippen molar-refractivity contribution in [3.63, 3.8) is 0 Å². The van der Waals surface area contributed by atoms with Crippen molar-refractivity contribution < 1.29 is 14.7 Å². The summed E-state index contributed by atoms with van der Waals surface area (Å²) in [5.41, 5.74) is 0. The number of carbonyl (C=O) groups is 2. The molecule has 1 N–H and O–H groups in total. The minimum Gasteiger partial charge on any atom is -0.481 e. The minimum atomic E-state index is -0.844. The molecule has 4 heteroatoms. The number of hydrogen-bond acceptors (Lipinski definition) is 2. The van der Waals surface area contributed by atoms with Crippen LogP contribution in [0, 0.1) is 11.8 Å². The molecule has 0 aromatic heterocycles. The summed E-state index contributed by atoms with van der Waals surface area (Å²) in [5.74, 6) is -0.303.